The Bertz CT molecular complexity index is 974. The van der Waals surface area contributed by atoms with Gasteiger partial charge < -0.3 is 15.4 Å². The first-order chi connectivity index (χ1) is 12.7. The van der Waals surface area contributed by atoms with Gasteiger partial charge in [-0.3, -0.25) is 14.0 Å². The van der Waals surface area contributed by atoms with Gasteiger partial charge in [0.2, 0.25) is 5.82 Å². The van der Waals surface area contributed by atoms with Crippen molar-refractivity contribution in [3.63, 3.8) is 0 Å². The molecule has 0 radical (unpaired) electrons. The van der Waals surface area contributed by atoms with E-state index in [1.807, 2.05) is 6.07 Å². The Kier molecular flexibility index (Phi) is 4.04. The van der Waals surface area contributed by atoms with Crippen LogP contribution < -0.4 is 15.4 Å². The average Bonchev–Trinajstić information content (AvgIpc) is 3.39. The van der Waals surface area contributed by atoms with E-state index in [0.29, 0.717) is 17.0 Å². The van der Waals surface area contributed by atoms with Crippen LogP contribution in [0, 0.1) is 0 Å². The molecule has 26 heavy (non-hydrogen) atoms. The van der Waals surface area contributed by atoms with Crippen molar-refractivity contribution in [2.75, 3.05) is 12.4 Å². The number of imidazole rings is 1. The molecule has 2 N–H and O–H groups in total. The number of nitrogens with zero attached hydrogens (tertiary/aromatic N) is 2. The second-order valence-electron chi connectivity index (χ2n) is 6.17. The monoisotopic (exact) mass is 350 g/mol. The Morgan fingerprint density at radius 3 is 2.58 bits per heavy atom. The van der Waals surface area contributed by atoms with Crippen molar-refractivity contribution in [2.24, 2.45) is 0 Å². The number of amides is 2. The van der Waals surface area contributed by atoms with Gasteiger partial charge in [-0.2, -0.15) is 0 Å². The van der Waals surface area contributed by atoms with Crippen LogP contribution in [0.3, 0.4) is 0 Å². The van der Waals surface area contributed by atoms with E-state index in [9.17, 15) is 9.59 Å². The minimum atomic E-state index is -0.387. The predicted molar refractivity (Wildman–Crippen MR) is 96.6 cm³/mol. The number of carbonyl (C=O) groups is 2. The van der Waals surface area contributed by atoms with E-state index in [-0.39, 0.29) is 29.4 Å². The van der Waals surface area contributed by atoms with Gasteiger partial charge in [0.05, 0.1) is 12.6 Å². The lowest BCUT2D eigenvalue weighted by Gasteiger charge is -2.05. The van der Waals surface area contributed by atoms with Crippen molar-refractivity contribution < 1.29 is 14.3 Å². The van der Waals surface area contributed by atoms with E-state index in [0.717, 1.165) is 12.8 Å². The van der Waals surface area contributed by atoms with Crippen LogP contribution in [0.2, 0.25) is 0 Å². The average molecular weight is 350 g/mol. The minimum Gasteiger partial charge on any atom is -0.497 e. The van der Waals surface area contributed by atoms with Crippen LogP contribution in [0.25, 0.3) is 5.52 Å². The van der Waals surface area contributed by atoms with Crippen molar-refractivity contribution in [2.45, 2.75) is 18.9 Å². The molecule has 7 nitrogen and oxygen atoms in total. The first kappa shape index (κ1) is 16.1. The number of fused-ring (bicyclic) bond motifs is 1. The van der Waals surface area contributed by atoms with Crippen LogP contribution in [-0.2, 0) is 0 Å². The highest BCUT2D eigenvalue weighted by atomic mass is 16.5. The number of benzene rings is 1. The minimum absolute atomic E-state index is 0.164. The van der Waals surface area contributed by atoms with E-state index in [1.54, 1.807) is 54.1 Å². The van der Waals surface area contributed by atoms with Crippen LogP contribution in [0.4, 0.5) is 5.69 Å². The molecule has 2 heterocycles. The van der Waals surface area contributed by atoms with Gasteiger partial charge in [-0.05, 0) is 49.2 Å². The molecule has 1 aliphatic rings. The zero-order valence-corrected chi connectivity index (χ0v) is 14.2. The van der Waals surface area contributed by atoms with Gasteiger partial charge in [0, 0.05) is 17.9 Å². The summed E-state index contributed by atoms with van der Waals surface area (Å²) < 4.78 is 6.73. The zero-order valence-electron chi connectivity index (χ0n) is 14.2. The summed E-state index contributed by atoms with van der Waals surface area (Å²) in [7, 11) is 1.58. The van der Waals surface area contributed by atoms with Crippen LogP contribution >= 0.6 is 0 Å². The Balaban J connectivity index is 1.64. The van der Waals surface area contributed by atoms with Crippen molar-refractivity contribution in [3.8, 4) is 5.75 Å². The summed E-state index contributed by atoms with van der Waals surface area (Å²) in [5.41, 5.74) is 1.48. The summed E-state index contributed by atoms with van der Waals surface area (Å²) in [4.78, 5) is 29.5. The Hall–Kier alpha value is -3.35. The van der Waals surface area contributed by atoms with Gasteiger partial charge in [-0.25, -0.2) is 4.98 Å². The van der Waals surface area contributed by atoms with Gasteiger partial charge in [-0.1, -0.05) is 6.07 Å². The highest BCUT2D eigenvalue weighted by Gasteiger charge is 2.27. The molecule has 7 heteroatoms. The lowest BCUT2D eigenvalue weighted by Crippen LogP contribution is -2.26. The molecule has 3 aromatic rings. The molecule has 0 unspecified atom stereocenters. The maximum atomic E-state index is 12.7. The first-order valence-electron chi connectivity index (χ1n) is 8.39. The van der Waals surface area contributed by atoms with Gasteiger partial charge in [-0.15, -0.1) is 0 Å². The predicted octanol–water partition coefficient (Wildman–Crippen LogP) is 2.49. The van der Waals surface area contributed by atoms with Crippen LogP contribution in [0.15, 0.2) is 48.7 Å². The van der Waals surface area contributed by atoms with Crippen LogP contribution in [-0.4, -0.2) is 34.4 Å². The number of anilines is 1. The molecule has 4 rings (SSSR count). The number of aromatic nitrogens is 2. The lowest BCUT2D eigenvalue weighted by molar-refractivity contribution is 0.0948. The van der Waals surface area contributed by atoms with Gasteiger partial charge in [0.15, 0.2) is 5.69 Å². The molecule has 2 amide bonds. The molecule has 1 aliphatic carbocycles. The fourth-order valence-electron chi connectivity index (χ4n) is 2.71. The van der Waals surface area contributed by atoms with E-state index in [2.05, 4.69) is 15.6 Å². The molecule has 0 aliphatic heterocycles. The summed E-state index contributed by atoms with van der Waals surface area (Å²) in [6, 6.07) is 12.6. The topological polar surface area (TPSA) is 84.7 Å². The quantitative estimate of drug-likeness (QED) is 0.740. The summed E-state index contributed by atoms with van der Waals surface area (Å²) in [5, 5.41) is 5.71. The molecule has 1 aromatic carbocycles. The Morgan fingerprint density at radius 2 is 1.88 bits per heavy atom. The fourth-order valence-corrected chi connectivity index (χ4v) is 2.71. The van der Waals surface area contributed by atoms with Crippen molar-refractivity contribution in [1.82, 2.24) is 14.7 Å². The summed E-state index contributed by atoms with van der Waals surface area (Å²) in [5.74, 6) is 0.229. The third kappa shape index (κ3) is 3.11. The first-order valence-corrected chi connectivity index (χ1v) is 8.39. The van der Waals surface area contributed by atoms with Crippen molar-refractivity contribution in [3.05, 3.63) is 60.2 Å². The second-order valence-corrected chi connectivity index (χ2v) is 6.17. The number of carbonyl (C=O) groups excluding carboxylic acids is 2. The van der Waals surface area contributed by atoms with E-state index in [4.69, 9.17) is 4.74 Å². The van der Waals surface area contributed by atoms with E-state index < -0.39 is 0 Å². The molecule has 1 saturated carbocycles. The molecule has 0 bridgehead atoms. The summed E-state index contributed by atoms with van der Waals surface area (Å²) >= 11 is 0. The van der Waals surface area contributed by atoms with Crippen molar-refractivity contribution in [1.29, 1.82) is 0 Å². The second kappa shape index (κ2) is 6.51. The molecule has 0 atom stereocenters. The molecular formula is C19H18N4O3. The highest BCUT2D eigenvalue weighted by Crippen LogP contribution is 2.21. The maximum Gasteiger partial charge on any atom is 0.292 e. The fraction of sp³-hybridized carbons (Fsp3) is 0.211. The SMILES string of the molecule is COc1ccc(NC(=O)c2nc(C(=O)NC3CC3)c3ccccn23)cc1. The third-order valence-electron chi connectivity index (χ3n) is 4.23. The number of methoxy groups -OCH3 is 1. The maximum absolute atomic E-state index is 12.7. The number of hydrogen-bond donors (Lipinski definition) is 2. The summed E-state index contributed by atoms with van der Waals surface area (Å²) in [6.45, 7) is 0. The molecule has 2 aromatic heterocycles. The molecule has 0 spiro atoms. The van der Waals surface area contributed by atoms with E-state index in [1.165, 1.54) is 0 Å². The van der Waals surface area contributed by atoms with Crippen LogP contribution in [0.5, 0.6) is 5.75 Å². The summed E-state index contributed by atoms with van der Waals surface area (Å²) in [6.07, 6.45) is 3.70. The van der Waals surface area contributed by atoms with Crippen molar-refractivity contribution >= 4 is 23.0 Å². The molecule has 1 fully saturated rings. The molecular weight excluding hydrogens is 332 g/mol. The van der Waals surface area contributed by atoms with Gasteiger partial charge in [0.1, 0.15) is 5.75 Å². The smallest absolute Gasteiger partial charge is 0.292 e. The largest absolute Gasteiger partial charge is 0.497 e. The highest BCUT2D eigenvalue weighted by molar-refractivity contribution is 6.06. The van der Waals surface area contributed by atoms with Crippen LogP contribution in [0.1, 0.15) is 33.9 Å². The normalized spacial score (nSPS) is 13.4. The molecule has 132 valence electrons. The zero-order chi connectivity index (χ0) is 18.1. The number of rotatable bonds is 5. The van der Waals surface area contributed by atoms with Gasteiger partial charge >= 0.3 is 0 Å². The number of hydrogen-bond acceptors (Lipinski definition) is 4. The Morgan fingerprint density at radius 1 is 1.12 bits per heavy atom. The number of nitrogens with one attached hydrogen (secondary N) is 2. The number of pyridine rings is 1. The number of ether oxygens (including phenoxy) is 1. The Labute approximate surface area is 150 Å². The molecule has 0 saturated heterocycles. The third-order valence-corrected chi connectivity index (χ3v) is 4.23. The van der Waals surface area contributed by atoms with Gasteiger partial charge in [0.25, 0.3) is 11.8 Å². The standard InChI is InChI=1S/C19H18N4O3/c1-26-14-9-7-13(8-10-14)21-19(25)17-22-16(18(24)20-12-5-6-12)15-4-2-3-11-23(15)17/h2-4,7-12H,5-6H2,1H3,(H,20,24)(H,21,25). The van der Waals surface area contributed by atoms with E-state index >= 15 is 0 Å². The lowest BCUT2D eigenvalue weighted by atomic mass is 10.3.